The number of benzene rings is 1. The van der Waals surface area contributed by atoms with Gasteiger partial charge in [0.15, 0.2) is 0 Å². The van der Waals surface area contributed by atoms with Crippen molar-refractivity contribution in [3.8, 4) is 0 Å². The van der Waals surface area contributed by atoms with Gasteiger partial charge in [-0.1, -0.05) is 44.4 Å². The van der Waals surface area contributed by atoms with Crippen molar-refractivity contribution >= 4 is 30.4 Å². The molecule has 0 heterocycles. The molecule has 19 heavy (non-hydrogen) atoms. The fourth-order valence-corrected chi connectivity index (χ4v) is 3.03. The molecule has 0 radical (unpaired) electrons. The molecular formula is C17H23NS. The summed E-state index contributed by atoms with van der Waals surface area (Å²) < 4.78 is 0. The van der Waals surface area contributed by atoms with E-state index in [4.69, 9.17) is 12.2 Å². The highest BCUT2D eigenvalue weighted by molar-refractivity contribution is 7.80. The zero-order valence-electron chi connectivity index (χ0n) is 12.0. The average Bonchev–Trinajstić information content (AvgIpc) is 2.41. The normalized spacial score (nSPS) is 23.1. The molecule has 1 aromatic rings. The Hall–Kier alpha value is -1.15. The molecule has 0 aliphatic heterocycles. The summed E-state index contributed by atoms with van der Waals surface area (Å²) in [5.74, 6) is 0.870. The molecule has 2 rings (SSSR count). The number of rotatable bonds is 2. The molecule has 1 aliphatic rings. The highest BCUT2D eigenvalue weighted by Crippen LogP contribution is 2.27. The van der Waals surface area contributed by atoms with E-state index in [1.165, 1.54) is 25.7 Å². The highest BCUT2D eigenvalue weighted by Gasteiger charge is 2.23. The first kappa shape index (κ1) is 14.3. The molecule has 0 unspecified atom stereocenters. The third kappa shape index (κ3) is 3.24. The van der Waals surface area contributed by atoms with Gasteiger partial charge >= 0.3 is 0 Å². The summed E-state index contributed by atoms with van der Waals surface area (Å²) in [6, 6.07) is 6.70. The van der Waals surface area contributed by atoms with Gasteiger partial charge in [-0.2, -0.15) is 0 Å². The summed E-state index contributed by atoms with van der Waals surface area (Å²) in [4.78, 5) is 3.21. The predicted molar refractivity (Wildman–Crippen MR) is 87.6 cm³/mol. The molecule has 1 fully saturated rings. The van der Waals surface area contributed by atoms with Crippen molar-refractivity contribution < 1.29 is 0 Å². The van der Waals surface area contributed by atoms with Gasteiger partial charge in [0.05, 0.1) is 0 Å². The van der Waals surface area contributed by atoms with Gasteiger partial charge in [-0.15, -0.1) is 0 Å². The van der Waals surface area contributed by atoms with E-state index in [1.807, 2.05) is 12.1 Å². The van der Waals surface area contributed by atoms with Crippen LogP contribution in [-0.4, -0.2) is 23.0 Å². The SMILES string of the molecule is C=c1ccc(C(=S)N(C)C2CCC(C)CC2)cc1=C. The minimum atomic E-state index is 0.594. The Bertz CT molecular complexity index is 555. The van der Waals surface area contributed by atoms with Gasteiger partial charge in [-0.3, -0.25) is 0 Å². The molecule has 2 heteroatoms. The molecule has 0 saturated heterocycles. The Kier molecular flexibility index (Phi) is 4.41. The van der Waals surface area contributed by atoms with Gasteiger partial charge in [0.1, 0.15) is 4.99 Å². The summed E-state index contributed by atoms with van der Waals surface area (Å²) in [5, 5.41) is 1.94. The quantitative estimate of drug-likeness (QED) is 0.762. The fourth-order valence-electron chi connectivity index (χ4n) is 2.76. The number of thiocarbonyl (C=S) groups is 1. The van der Waals surface area contributed by atoms with Crippen LogP contribution >= 0.6 is 12.2 Å². The standard InChI is InChI=1S/C17H23NS/c1-12-5-9-16(10-6-12)18(4)17(19)15-8-7-13(2)14(3)11-15/h7-8,11-12,16H,2-3,5-6,9-10H2,1,4H3. The van der Waals surface area contributed by atoms with E-state index >= 15 is 0 Å². The van der Waals surface area contributed by atoms with Crippen LogP contribution in [0.3, 0.4) is 0 Å². The zero-order valence-corrected chi connectivity index (χ0v) is 12.8. The molecule has 0 bridgehead atoms. The Balaban J connectivity index is 2.12. The largest absolute Gasteiger partial charge is 0.362 e. The van der Waals surface area contributed by atoms with Crippen LogP contribution in [0.5, 0.6) is 0 Å². The van der Waals surface area contributed by atoms with Crippen molar-refractivity contribution in [2.75, 3.05) is 7.05 Å². The van der Waals surface area contributed by atoms with E-state index in [9.17, 15) is 0 Å². The third-order valence-electron chi connectivity index (χ3n) is 4.31. The van der Waals surface area contributed by atoms with Crippen molar-refractivity contribution in [1.82, 2.24) is 4.90 Å². The van der Waals surface area contributed by atoms with E-state index in [0.29, 0.717) is 6.04 Å². The van der Waals surface area contributed by atoms with Gasteiger partial charge in [0, 0.05) is 18.7 Å². The van der Waals surface area contributed by atoms with Crippen LogP contribution in [0.2, 0.25) is 0 Å². The number of hydrogen-bond donors (Lipinski definition) is 0. The molecule has 0 aromatic heterocycles. The average molecular weight is 273 g/mol. The molecule has 0 spiro atoms. The minimum absolute atomic E-state index is 0.594. The zero-order chi connectivity index (χ0) is 14.0. The lowest BCUT2D eigenvalue weighted by Crippen LogP contribution is -2.39. The lowest BCUT2D eigenvalue weighted by Gasteiger charge is -2.35. The maximum absolute atomic E-state index is 5.63. The van der Waals surface area contributed by atoms with Gasteiger partial charge in [-0.05, 0) is 48.1 Å². The van der Waals surface area contributed by atoms with Gasteiger partial charge < -0.3 is 4.90 Å². The number of hydrogen-bond acceptors (Lipinski definition) is 1. The maximum atomic E-state index is 5.63. The Morgan fingerprint density at radius 3 is 2.37 bits per heavy atom. The van der Waals surface area contributed by atoms with Gasteiger partial charge in [0.2, 0.25) is 0 Å². The van der Waals surface area contributed by atoms with Crippen molar-refractivity contribution in [2.45, 2.75) is 38.6 Å². The van der Waals surface area contributed by atoms with Gasteiger partial charge in [-0.25, -0.2) is 0 Å². The lowest BCUT2D eigenvalue weighted by molar-refractivity contribution is 0.242. The summed E-state index contributed by atoms with van der Waals surface area (Å²) in [6.45, 7) is 10.3. The second kappa shape index (κ2) is 5.87. The van der Waals surface area contributed by atoms with Crippen LogP contribution in [0.1, 0.15) is 38.2 Å². The third-order valence-corrected chi connectivity index (χ3v) is 4.83. The van der Waals surface area contributed by atoms with E-state index in [2.05, 4.69) is 38.1 Å². The molecule has 1 nitrogen and oxygen atoms in total. The van der Waals surface area contributed by atoms with Crippen LogP contribution in [0.25, 0.3) is 13.2 Å². The van der Waals surface area contributed by atoms with E-state index in [0.717, 1.165) is 26.9 Å². The smallest absolute Gasteiger partial charge is 0.109 e. The van der Waals surface area contributed by atoms with E-state index in [-0.39, 0.29) is 0 Å². The number of nitrogens with zero attached hydrogens (tertiary/aromatic N) is 1. The molecule has 0 N–H and O–H groups in total. The van der Waals surface area contributed by atoms with E-state index < -0.39 is 0 Å². The molecular weight excluding hydrogens is 250 g/mol. The van der Waals surface area contributed by atoms with Crippen LogP contribution in [0.4, 0.5) is 0 Å². The van der Waals surface area contributed by atoms with Crippen LogP contribution < -0.4 is 10.4 Å². The molecule has 0 atom stereocenters. The summed E-state index contributed by atoms with van der Waals surface area (Å²) in [6.07, 6.45) is 5.14. The molecule has 0 amide bonds. The van der Waals surface area contributed by atoms with Crippen molar-refractivity contribution in [3.63, 3.8) is 0 Å². The molecule has 1 aromatic carbocycles. The van der Waals surface area contributed by atoms with E-state index in [1.54, 1.807) is 0 Å². The van der Waals surface area contributed by atoms with Gasteiger partial charge in [0.25, 0.3) is 0 Å². The molecule has 1 aliphatic carbocycles. The summed E-state index contributed by atoms with van der Waals surface area (Å²) in [7, 11) is 2.13. The summed E-state index contributed by atoms with van der Waals surface area (Å²) >= 11 is 5.63. The first-order valence-electron chi connectivity index (χ1n) is 7.04. The highest BCUT2D eigenvalue weighted by atomic mass is 32.1. The minimum Gasteiger partial charge on any atom is -0.362 e. The second-order valence-corrected chi connectivity index (χ2v) is 6.20. The first-order valence-corrected chi connectivity index (χ1v) is 7.45. The fraction of sp³-hybridized carbons (Fsp3) is 0.471. The van der Waals surface area contributed by atoms with Crippen LogP contribution in [0, 0.1) is 5.92 Å². The second-order valence-electron chi connectivity index (χ2n) is 5.81. The van der Waals surface area contributed by atoms with Crippen LogP contribution in [0.15, 0.2) is 18.2 Å². The topological polar surface area (TPSA) is 3.24 Å². The van der Waals surface area contributed by atoms with Crippen LogP contribution in [-0.2, 0) is 0 Å². The first-order chi connectivity index (χ1) is 8.99. The maximum Gasteiger partial charge on any atom is 0.109 e. The molecule has 102 valence electrons. The monoisotopic (exact) mass is 273 g/mol. The predicted octanol–water partition coefficient (Wildman–Crippen LogP) is 2.69. The van der Waals surface area contributed by atoms with Crippen molar-refractivity contribution in [3.05, 3.63) is 34.2 Å². The lowest BCUT2D eigenvalue weighted by atomic mass is 9.86. The molecule has 1 saturated carbocycles. The van der Waals surface area contributed by atoms with Crippen molar-refractivity contribution in [1.29, 1.82) is 0 Å². The Morgan fingerprint density at radius 1 is 1.16 bits per heavy atom. The summed E-state index contributed by atoms with van der Waals surface area (Å²) in [5.41, 5.74) is 1.09. The Labute approximate surface area is 121 Å². The van der Waals surface area contributed by atoms with Crippen molar-refractivity contribution in [2.24, 2.45) is 5.92 Å². The Morgan fingerprint density at radius 2 is 1.79 bits per heavy atom.